The van der Waals surface area contributed by atoms with Crippen molar-refractivity contribution in [2.24, 2.45) is 13.0 Å². The summed E-state index contributed by atoms with van der Waals surface area (Å²) in [4.78, 5) is 53.0. The third-order valence-corrected chi connectivity index (χ3v) is 6.43. The maximum absolute atomic E-state index is 13.4. The summed E-state index contributed by atoms with van der Waals surface area (Å²) in [6.45, 7) is 6.49. The third kappa shape index (κ3) is 4.39. The highest BCUT2D eigenvalue weighted by Gasteiger charge is 2.31. The van der Waals surface area contributed by atoms with Gasteiger partial charge < -0.3 is 14.7 Å². The van der Waals surface area contributed by atoms with Gasteiger partial charge in [-0.25, -0.2) is 14.8 Å². The number of anilines is 2. The van der Waals surface area contributed by atoms with E-state index in [9.17, 15) is 14.4 Å². The highest BCUT2D eigenvalue weighted by Crippen LogP contribution is 2.24. The quantitative estimate of drug-likeness (QED) is 0.674. The Morgan fingerprint density at radius 1 is 1.03 bits per heavy atom. The summed E-state index contributed by atoms with van der Waals surface area (Å²) in [6.07, 6.45) is 6.00. The zero-order chi connectivity index (χ0) is 22.7. The molecule has 2 aromatic heterocycles. The largest absolute Gasteiger partial charge is 0.357 e. The van der Waals surface area contributed by atoms with Crippen LogP contribution in [0.5, 0.6) is 0 Å². The minimum atomic E-state index is -0.320. The molecule has 0 N–H and O–H groups in total. The van der Waals surface area contributed by atoms with Gasteiger partial charge in [-0.15, -0.1) is 0 Å². The molecule has 0 aliphatic carbocycles. The minimum absolute atomic E-state index is 0.146. The molecule has 10 nitrogen and oxygen atoms in total. The fourth-order valence-electron chi connectivity index (χ4n) is 4.66. The number of carbonyl (C=O) groups excluding carboxylic acids is 1. The zero-order valence-corrected chi connectivity index (χ0v) is 18.8. The molecule has 32 heavy (non-hydrogen) atoms. The van der Waals surface area contributed by atoms with Crippen LogP contribution in [0.15, 0.2) is 34.1 Å². The number of carbonyl (C=O) groups is 1. The molecule has 0 spiro atoms. The molecule has 0 radical (unpaired) electrons. The molecule has 2 aromatic rings. The number of hydrogen-bond acceptors (Lipinski definition) is 7. The van der Waals surface area contributed by atoms with E-state index in [2.05, 4.69) is 14.9 Å². The normalized spacial score (nSPS) is 19.7. The summed E-state index contributed by atoms with van der Waals surface area (Å²) in [5.74, 6) is 1.32. The van der Waals surface area contributed by atoms with Gasteiger partial charge in [-0.1, -0.05) is 0 Å². The predicted molar refractivity (Wildman–Crippen MR) is 122 cm³/mol. The molecular weight excluding hydrogens is 410 g/mol. The van der Waals surface area contributed by atoms with Crippen LogP contribution in [0.2, 0.25) is 0 Å². The Kier molecular flexibility index (Phi) is 6.57. The van der Waals surface area contributed by atoms with E-state index in [0.717, 1.165) is 36.9 Å². The van der Waals surface area contributed by atoms with E-state index in [1.54, 1.807) is 23.0 Å². The molecule has 0 bridgehead atoms. The van der Waals surface area contributed by atoms with Crippen molar-refractivity contribution in [1.82, 2.24) is 24.0 Å². The molecule has 2 fully saturated rings. The van der Waals surface area contributed by atoms with Crippen molar-refractivity contribution in [3.63, 3.8) is 0 Å². The van der Waals surface area contributed by atoms with Crippen molar-refractivity contribution in [3.05, 3.63) is 45.4 Å². The molecule has 4 rings (SSSR count). The lowest BCUT2D eigenvalue weighted by Gasteiger charge is -2.36. The highest BCUT2D eigenvalue weighted by molar-refractivity contribution is 5.80. The topological polar surface area (TPSA) is 96.6 Å². The monoisotopic (exact) mass is 441 g/mol. The Bertz CT molecular complexity index is 1070. The van der Waals surface area contributed by atoms with Crippen molar-refractivity contribution < 1.29 is 4.79 Å². The lowest BCUT2D eigenvalue weighted by Crippen LogP contribution is -2.48. The van der Waals surface area contributed by atoms with Crippen LogP contribution in [0.4, 0.5) is 11.8 Å². The summed E-state index contributed by atoms with van der Waals surface area (Å²) in [5.41, 5.74) is -0.641. The van der Waals surface area contributed by atoms with Crippen LogP contribution < -0.4 is 21.0 Å². The fraction of sp³-hybridized carbons (Fsp3) is 0.591. The Hall–Kier alpha value is -3.17. The molecular formula is C22H31N7O3. The molecule has 4 heterocycles. The fourth-order valence-corrected chi connectivity index (χ4v) is 4.66. The van der Waals surface area contributed by atoms with Crippen LogP contribution in [-0.4, -0.2) is 69.2 Å². The first-order valence-electron chi connectivity index (χ1n) is 11.4. The van der Waals surface area contributed by atoms with Crippen LogP contribution in [0.25, 0.3) is 0 Å². The van der Waals surface area contributed by atoms with Gasteiger partial charge in [0.05, 0.1) is 5.92 Å². The van der Waals surface area contributed by atoms with E-state index in [1.165, 1.54) is 13.1 Å². The van der Waals surface area contributed by atoms with Gasteiger partial charge in [-0.2, -0.15) is 0 Å². The summed E-state index contributed by atoms with van der Waals surface area (Å²) in [6, 6.07) is 3.31. The summed E-state index contributed by atoms with van der Waals surface area (Å²) < 4.78 is 2.73. The predicted octanol–water partition coefficient (Wildman–Crippen LogP) is 0.312. The van der Waals surface area contributed by atoms with Gasteiger partial charge in [0.2, 0.25) is 11.9 Å². The van der Waals surface area contributed by atoms with E-state index < -0.39 is 0 Å². The van der Waals surface area contributed by atoms with Gasteiger partial charge in [0, 0.05) is 71.3 Å². The number of aromatic nitrogens is 4. The minimum Gasteiger partial charge on any atom is -0.357 e. The van der Waals surface area contributed by atoms with Gasteiger partial charge in [0.1, 0.15) is 5.82 Å². The number of piperidine rings is 1. The molecule has 0 saturated carbocycles. The molecule has 1 unspecified atom stereocenters. The van der Waals surface area contributed by atoms with Gasteiger partial charge in [0.15, 0.2) is 0 Å². The number of hydrogen-bond donors (Lipinski definition) is 0. The van der Waals surface area contributed by atoms with Crippen molar-refractivity contribution in [1.29, 1.82) is 0 Å². The Morgan fingerprint density at radius 3 is 2.53 bits per heavy atom. The second kappa shape index (κ2) is 9.54. The summed E-state index contributed by atoms with van der Waals surface area (Å²) in [7, 11) is 1.49. The van der Waals surface area contributed by atoms with Crippen molar-refractivity contribution in [2.75, 3.05) is 49.1 Å². The van der Waals surface area contributed by atoms with E-state index in [4.69, 9.17) is 0 Å². The molecule has 2 saturated heterocycles. The average Bonchev–Trinajstić information content (AvgIpc) is 3.09. The summed E-state index contributed by atoms with van der Waals surface area (Å²) >= 11 is 0. The first-order chi connectivity index (χ1) is 15.5. The highest BCUT2D eigenvalue weighted by atomic mass is 16.2. The number of nitrogens with zero attached hydrogens (tertiary/aromatic N) is 7. The van der Waals surface area contributed by atoms with Gasteiger partial charge in [-0.05, 0) is 32.3 Å². The molecule has 1 amide bonds. The van der Waals surface area contributed by atoms with E-state index >= 15 is 0 Å². The Morgan fingerprint density at radius 2 is 1.78 bits per heavy atom. The lowest BCUT2D eigenvalue weighted by atomic mass is 9.96. The molecule has 0 aromatic carbocycles. The van der Waals surface area contributed by atoms with Gasteiger partial charge in [0.25, 0.3) is 5.56 Å². The molecule has 10 heteroatoms. The molecule has 2 aliphatic rings. The van der Waals surface area contributed by atoms with Gasteiger partial charge in [-0.3, -0.25) is 18.7 Å². The Balaban J connectivity index is 1.46. The van der Waals surface area contributed by atoms with E-state index in [-0.39, 0.29) is 23.1 Å². The van der Waals surface area contributed by atoms with E-state index in [1.807, 2.05) is 16.7 Å². The lowest BCUT2D eigenvalue weighted by molar-refractivity contribution is -0.135. The van der Waals surface area contributed by atoms with Crippen LogP contribution in [0.3, 0.4) is 0 Å². The molecule has 172 valence electrons. The second-order valence-electron chi connectivity index (χ2n) is 8.43. The van der Waals surface area contributed by atoms with Crippen molar-refractivity contribution >= 4 is 17.7 Å². The summed E-state index contributed by atoms with van der Waals surface area (Å²) in [5, 5.41) is 0. The third-order valence-electron chi connectivity index (χ3n) is 6.43. The van der Waals surface area contributed by atoms with Crippen LogP contribution in [-0.2, 0) is 18.4 Å². The maximum Gasteiger partial charge on any atom is 0.332 e. The maximum atomic E-state index is 13.4. The smallest absolute Gasteiger partial charge is 0.332 e. The average molecular weight is 442 g/mol. The Labute approximate surface area is 187 Å². The van der Waals surface area contributed by atoms with Crippen molar-refractivity contribution in [2.45, 2.75) is 32.7 Å². The standard InChI is InChI=1S/C22H31N7O3/c1-3-29-18(15-19(30)25(2)22(29)32)28-10-4-7-17(16-28)20(31)26-11-6-12-27(14-13-26)21-23-8-5-9-24-21/h5,8-9,15,17H,3-4,6-7,10-14,16H2,1-2H3. The van der Waals surface area contributed by atoms with Crippen molar-refractivity contribution in [3.8, 4) is 0 Å². The number of amides is 1. The molecule has 2 aliphatic heterocycles. The van der Waals surface area contributed by atoms with Crippen LogP contribution in [0.1, 0.15) is 26.2 Å². The number of rotatable bonds is 4. The second-order valence-corrected chi connectivity index (χ2v) is 8.43. The first kappa shape index (κ1) is 22.0. The van der Waals surface area contributed by atoms with Crippen LogP contribution >= 0.6 is 0 Å². The SMILES string of the molecule is CCn1c(N2CCCC(C(=O)N3CCCN(c4ncccn4)CC3)C2)cc(=O)n(C)c1=O. The van der Waals surface area contributed by atoms with E-state index in [0.29, 0.717) is 44.5 Å². The van der Waals surface area contributed by atoms with Gasteiger partial charge >= 0.3 is 5.69 Å². The zero-order valence-electron chi connectivity index (χ0n) is 18.8. The molecule has 1 atom stereocenters. The van der Waals surface area contributed by atoms with Crippen LogP contribution in [0, 0.1) is 5.92 Å². The first-order valence-corrected chi connectivity index (χ1v) is 11.4.